The number of hydrogen-bond acceptors (Lipinski definition) is 1. The summed E-state index contributed by atoms with van der Waals surface area (Å²) in [6.45, 7) is 0. The summed E-state index contributed by atoms with van der Waals surface area (Å²) >= 11 is 0. The van der Waals surface area contributed by atoms with Crippen molar-refractivity contribution in [2.75, 3.05) is 12.5 Å². The van der Waals surface area contributed by atoms with Crippen LogP contribution in [-0.4, -0.2) is 29.7 Å². The zero-order chi connectivity index (χ0) is 24.5. The third-order valence-electron chi connectivity index (χ3n) is 7.27. The summed E-state index contributed by atoms with van der Waals surface area (Å²) in [6, 6.07) is 43.5. The second kappa shape index (κ2) is 12.1. The number of benzene rings is 4. The van der Waals surface area contributed by atoms with Crippen LogP contribution in [0.15, 0.2) is 121 Å². The van der Waals surface area contributed by atoms with Crippen molar-refractivity contribution in [1.29, 1.82) is 0 Å². The van der Waals surface area contributed by atoms with Crippen LogP contribution in [0.4, 0.5) is 0 Å². The molecule has 1 aliphatic carbocycles. The Morgan fingerprint density at radius 3 is 1.17 bits per heavy atom. The molecule has 1 saturated carbocycles. The Bertz CT molecular complexity index is 1010. The van der Waals surface area contributed by atoms with Crippen molar-refractivity contribution < 1.29 is 4.79 Å². The second-order valence-electron chi connectivity index (χ2n) is 9.59. The van der Waals surface area contributed by atoms with Gasteiger partial charge in [-0.1, -0.05) is 121 Å². The van der Waals surface area contributed by atoms with E-state index < -0.39 is 6.15 Å². The van der Waals surface area contributed by atoms with Crippen LogP contribution in [0.1, 0.15) is 25.7 Å². The van der Waals surface area contributed by atoms with Crippen LogP contribution >= 0.6 is 0 Å². The van der Waals surface area contributed by atoms with Crippen LogP contribution in [-0.2, 0) is 15.7 Å². The Labute approximate surface area is 213 Å². The third kappa shape index (κ3) is 5.62. The summed E-state index contributed by atoms with van der Waals surface area (Å²) in [5.41, 5.74) is 5.36. The van der Waals surface area contributed by atoms with Gasteiger partial charge in [0.1, 0.15) is 6.15 Å². The lowest BCUT2D eigenvalue weighted by atomic mass is 9.13. The number of carbonyl (C=O) groups excluding carboxylic acids is 1. The minimum atomic E-state index is -1.22. The lowest BCUT2D eigenvalue weighted by Crippen LogP contribution is -2.74. The van der Waals surface area contributed by atoms with Crippen molar-refractivity contribution in [2.24, 2.45) is 0 Å². The highest BCUT2D eigenvalue weighted by molar-refractivity contribution is 7.96. The highest BCUT2D eigenvalue weighted by Gasteiger charge is 2.32. The van der Waals surface area contributed by atoms with Crippen molar-refractivity contribution in [3.05, 3.63) is 121 Å². The van der Waals surface area contributed by atoms with Gasteiger partial charge in [0.15, 0.2) is 11.0 Å². The van der Waals surface area contributed by atoms with E-state index in [0.717, 1.165) is 19.3 Å². The molecule has 1 aliphatic rings. The van der Waals surface area contributed by atoms with E-state index in [-0.39, 0.29) is 0 Å². The van der Waals surface area contributed by atoms with Gasteiger partial charge >= 0.3 is 0 Å². The monoisotopic (exact) mass is 478 g/mol. The molecular formula is C32H35BOS. The molecule has 178 valence electrons. The Balaban J connectivity index is 0.000000243. The largest absolute Gasteiger partial charge is 0.294 e. The molecule has 0 heterocycles. The van der Waals surface area contributed by atoms with Gasteiger partial charge in [-0.25, -0.2) is 0 Å². The van der Waals surface area contributed by atoms with Gasteiger partial charge in [-0.15, -0.1) is 0 Å². The highest BCUT2D eigenvalue weighted by Crippen LogP contribution is 2.20. The smallest absolute Gasteiger partial charge is 0.184 e. The zero-order valence-electron chi connectivity index (χ0n) is 20.8. The maximum Gasteiger partial charge on any atom is 0.184 e. The van der Waals surface area contributed by atoms with Gasteiger partial charge in [-0.3, -0.25) is 4.79 Å². The van der Waals surface area contributed by atoms with E-state index >= 15 is 0 Å². The van der Waals surface area contributed by atoms with Gasteiger partial charge in [-0.05, 0) is 23.7 Å². The van der Waals surface area contributed by atoms with Gasteiger partial charge in [0.05, 0.1) is 12.5 Å². The molecule has 0 bridgehead atoms. The molecular weight excluding hydrogens is 443 g/mol. The van der Waals surface area contributed by atoms with Crippen molar-refractivity contribution in [1.82, 2.24) is 0 Å². The number of hydrogen-bond donors (Lipinski definition) is 0. The molecule has 4 aromatic carbocycles. The normalized spacial score (nSPS) is 15.9. The Morgan fingerprint density at radius 2 is 0.914 bits per heavy atom. The molecule has 0 amide bonds. The molecule has 0 spiro atoms. The predicted octanol–water partition coefficient (Wildman–Crippen LogP) is 4.44. The van der Waals surface area contributed by atoms with Crippen LogP contribution in [0, 0.1) is 0 Å². The molecule has 1 fully saturated rings. The lowest BCUT2D eigenvalue weighted by molar-refractivity contribution is -0.119. The standard InChI is InChI=1S/C24H20B.C8H15OS/c1-5-13-21(14-6-1)25(22-15-7-2-8-16-22,23-17-9-3-10-18-23)24-19-11-4-12-20-24;1-10(2)8-6-4-3-5-7(8)9/h1-20H;8H,3-6H2,1-2H3/q-1;+1. The van der Waals surface area contributed by atoms with Crippen LogP contribution in [0.25, 0.3) is 0 Å². The van der Waals surface area contributed by atoms with Crippen LogP contribution in [0.2, 0.25) is 0 Å². The van der Waals surface area contributed by atoms with Gasteiger partial charge in [0.2, 0.25) is 0 Å². The number of carbonyl (C=O) groups is 1. The fraction of sp³-hybridized carbons (Fsp3) is 0.219. The molecule has 0 aromatic heterocycles. The molecule has 5 rings (SSSR count). The summed E-state index contributed by atoms with van der Waals surface area (Å²) in [5.74, 6) is 0.514. The Kier molecular flexibility index (Phi) is 8.66. The first kappa shape index (κ1) is 25.1. The van der Waals surface area contributed by atoms with E-state index in [1.54, 1.807) is 0 Å². The van der Waals surface area contributed by atoms with E-state index in [4.69, 9.17) is 0 Å². The van der Waals surface area contributed by atoms with Gasteiger partial charge < -0.3 is 0 Å². The summed E-state index contributed by atoms with van der Waals surface area (Å²) < 4.78 is 0. The molecule has 0 radical (unpaired) electrons. The molecule has 1 unspecified atom stereocenters. The van der Waals surface area contributed by atoms with Crippen LogP contribution in [0.5, 0.6) is 0 Å². The second-order valence-corrected chi connectivity index (χ2v) is 11.9. The number of Topliss-reactive ketones (excluding diaryl/α,β-unsaturated/α-hetero) is 1. The van der Waals surface area contributed by atoms with E-state index in [1.165, 1.54) is 28.3 Å². The van der Waals surface area contributed by atoms with Gasteiger partial charge in [0.25, 0.3) is 0 Å². The van der Waals surface area contributed by atoms with Gasteiger partial charge in [-0.2, -0.15) is 21.9 Å². The summed E-state index contributed by atoms with van der Waals surface area (Å²) in [4.78, 5) is 11.2. The maximum absolute atomic E-state index is 11.2. The van der Waals surface area contributed by atoms with Crippen LogP contribution < -0.4 is 21.9 Å². The van der Waals surface area contributed by atoms with Crippen molar-refractivity contribution in [2.45, 2.75) is 30.9 Å². The lowest BCUT2D eigenvalue weighted by Gasteiger charge is -2.44. The topological polar surface area (TPSA) is 17.1 Å². The van der Waals surface area contributed by atoms with Gasteiger partial charge in [0, 0.05) is 12.8 Å². The average Bonchev–Trinajstić information content (AvgIpc) is 2.92. The molecule has 35 heavy (non-hydrogen) atoms. The average molecular weight is 479 g/mol. The fourth-order valence-electron chi connectivity index (χ4n) is 5.57. The molecule has 4 aromatic rings. The quantitative estimate of drug-likeness (QED) is 0.306. The number of ketones is 1. The van der Waals surface area contributed by atoms with Crippen molar-refractivity contribution in [3.8, 4) is 0 Å². The van der Waals surface area contributed by atoms with E-state index in [0.29, 0.717) is 21.9 Å². The minimum Gasteiger partial charge on any atom is -0.294 e. The SMILES string of the molecule is C[S+](C)C1CCCCC1=O.c1ccc([B-](c2ccccc2)(c2ccccc2)c2ccccc2)cc1. The van der Waals surface area contributed by atoms with Crippen LogP contribution in [0.3, 0.4) is 0 Å². The summed E-state index contributed by atoms with van der Waals surface area (Å²) in [5, 5.41) is 0.411. The third-order valence-corrected chi connectivity index (χ3v) is 8.90. The summed E-state index contributed by atoms with van der Waals surface area (Å²) in [6.07, 6.45) is 7.52. The maximum atomic E-state index is 11.2. The molecule has 0 N–H and O–H groups in total. The highest BCUT2D eigenvalue weighted by atomic mass is 32.2. The Hall–Kier alpha value is -3.04. The van der Waals surface area contributed by atoms with Crippen molar-refractivity contribution in [3.63, 3.8) is 0 Å². The molecule has 0 saturated heterocycles. The first-order chi connectivity index (χ1) is 17.1. The molecule has 0 aliphatic heterocycles. The van der Waals surface area contributed by atoms with E-state index in [9.17, 15) is 4.79 Å². The zero-order valence-corrected chi connectivity index (χ0v) is 21.7. The Morgan fingerprint density at radius 1 is 0.571 bits per heavy atom. The minimum absolute atomic E-state index is 0.318. The van der Waals surface area contributed by atoms with E-state index in [1.807, 2.05) is 0 Å². The predicted molar refractivity (Wildman–Crippen MR) is 157 cm³/mol. The molecule has 1 atom stereocenters. The summed E-state index contributed by atoms with van der Waals surface area (Å²) in [7, 11) is 0.318. The molecule has 1 nitrogen and oxygen atoms in total. The first-order valence-corrected chi connectivity index (χ1v) is 14.7. The number of rotatable bonds is 5. The van der Waals surface area contributed by atoms with Crippen molar-refractivity contribution >= 4 is 44.7 Å². The first-order valence-electron chi connectivity index (χ1n) is 12.6. The molecule has 3 heteroatoms. The fourth-order valence-corrected chi connectivity index (χ4v) is 6.85. The van der Waals surface area contributed by atoms with E-state index in [2.05, 4.69) is 134 Å².